The normalized spacial score (nSPS) is 11.5. The van der Waals surface area contributed by atoms with E-state index in [1.54, 1.807) is 48.5 Å². The summed E-state index contributed by atoms with van der Waals surface area (Å²) in [6, 6.07) is 25.8. The summed E-state index contributed by atoms with van der Waals surface area (Å²) in [5.41, 5.74) is 0.273. The molecule has 6 aromatic carbocycles. The van der Waals surface area contributed by atoms with Gasteiger partial charge in [0.2, 0.25) is 0 Å². The van der Waals surface area contributed by atoms with Gasteiger partial charge in [0.1, 0.15) is 0 Å². The van der Waals surface area contributed by atoms with E-state index in [4.69, 9.17) is 23.2 Å². The lowest BCUT2D eigenvalue weighted by Crippen LogP contribution is -2.31. The van der Waals surface area contributed by atoms with Crippen molar-refractivity contribution in [3.63, 3.8) is 0 Å². The van der Waals surface area contributed by atoms with Gasteiger partial charge in [0.05, 0.1) is 55.4 Å². The van der Waals surface area contributed by atoms with Gasteiger partial charge in [0.25, 0.3) is 20.0 Å². The van der Waals surface area contributed by atoms with Crippen LogP contribution < -0.4 is 19.2 Å². The highest BCUT2D eigenvalue weighted by molar-refractivity contribution is 7.93. The number of amides is 2. The number of carboxylic acids is 2. The number of anilines is 4. The van der Waals surface area contributed by atoms with E-state index in [9.17, 15) is 41.4 Å². The van der Waals surface area contributed by atoms with E-state index in [2.05, 4.69) is 23.8 Å². The lowest BCUT2D eigenvalue weighted by atomic mass is 10.1. The number of rotatable bonds is 14. The molecule has 0 heterocycles. The summed E-state index contributed by atoms with van der Waals surface area (Å²) in [5.74, 6) is -2.64. The molecule has 296 valence electrons. The molecule has 0 aromatic heterocycles. The zero-order chi connectivity index (χ0) is 41.9. The number of carboxylic acid groups (broad SMARTS) is 2. The Bertz CT molecular complexity index is 2710. The van der Waals surface area contributed by atoms with Gasteiger partial charge in [0, 0.05) is 11.4 Å². The van der Waals surface area contributed by atoms with Crippen molar-refractivity contribution in [2.75, 3.05) is 32.3 Å². The van der Waals surface area contributed by atoms with Crippen LogP contribution in [0.4, 0.5) is 27.5 Å². The Labute approximate surface area is 343 Å². The molecule has 0 fully saturated rings. The summed E-state index contributed by atoms with van der Waals surface area (Å²) in [6.07, 6.45) is 2.73. The second-order valence-electron chi connectivity index (χ2n) is 12.6. The summed E-state index contributed by atoms with van der Waals surface area (Å²) < 4.78 is 57.6. The molecule has 0 unspecified atom stereocenters. The highest BCUT2D eigenvalue weighted by Crippen LogP contribution is 2.32. The Hall–Kier alpha value is -6.39. The van der Waals surface area contributed by atoms with E-state index in [-0.39, 0.29) is 55.4 Å². The van der Waals surface area contributed by atoms with Gasteiger partial charge in [-0.05, 0) is 106 Å². The van der Waals surface area contributed by atoms with E-state index >= 15 is 0 Å². The minimum atomic E-state index is -4.24. The highest BCUT2D eigenvalue weighted by atomic mass is 35.5. The van der Waals surface area contributed by atoms with Crippen molar-refractivity contribution in [2.24, 2.45) is 0 Å². The van der Waals surface area contributed by atoms with Gasteiger partial charge in [-0.25, -0.2) is 31.2 Å². The third-order valence-corrected chi connectivity index (χ3v) is 13.1. The number of sulfonamides is 2. The van der Waals surface area contributed by atoms with Crippen molar-refractivity contribution in [3.05, 3.63) is 156 Å². The van der Waals surface area contributed by atoms with E-state index in [0.717, 1.165) is 8.61 Å². The smallest absolute Gasteiger partial charge is 0.337 e. The van der Waals surface area contributed by atoms with Crippen LogP contribution in [-0.2, 0) is 20.0 Å². The molecule has 6 aromatic rings. The average Bonchev–Trinajstić information content (AvgIpc) is 3.18. The lowest BCUT2D eigenvalue weighted by Gasteiger charge is -2.24. The molecule has 13 nitrogen and oxygen atoms in total. The summed E-state index contributed by atoms with van der Waals surface area (Å²) in [4.78, 5) is 36.4. The van der Waals surface area contributed by atoms with Crippen LogP contribution in [0.3, 0.4) is 0 Å². The first-order chi connectivity index (χ1) is 27.5. The number of carbonyl (C=O) groups excluding carboxylic acids is 1. The fraction of sp³-hybridized carbons (Fsp3) is 0.0488. The van der Waals surface area contributed by atoms with E-state index in [1.165, 1.54) is 72.8 Å². The Balaban J connectivity index is 1.23. The van der Waals surface area contributed by atoms with Crippen LogP contribution >= 0.6 is 23.2 Å². The number of aromatic carboxylic acids is 2. The molecule has 6 rings (SSSR count). The van der Waals surface area contributed by atoms with Crippen LogP contribution in [0.1, 0.15) is 20.7 Å². The van der Waals surface area contributed by atoms with Gasteiger partial charge in [0.15, 0.2) is 0 Å². The number of hydrogen-bond acceptors (Lipinski definition) is 7. The second kappa shape index (κ2) is 16.6. The van der Waals surface area contributed by atoms with Crippen LogP contribution in [0, 0.1) is 0 Å². The molecule has 0 aliphatic heterocycles. The van der Waals surface area contributed by atoms with Gasteiger partial charge >= 0.3 is 18.0 Å². The molecule has 0 aliphatic rings. The molecule has 0 spiro atoms. The molecule has 0 saturated heterocycles. The monoisotopic (exact) mass is 858 g/mol. The van der Waals surface area contributed by atoms with Crippen molar-refractivity contribution in [1.29, 1.82) is 0 Å². The Morgan fingerprint density at radius 1 is 0.552 bits per heavy atom. The predicted octanol–water partition coefficient (Wildman–Crippen LogP) is 9.10. The molecule has 0 radical (unpaired) electrons. The van der Waals surface area contributed by atoms with Crippen molar-refractivity contribution in [3.8, 4) is 0 Å². The number of urea groups is 1. The maximum Gasteiger partial charge on any atom is 0.337 e. The average molecular weight is 860 g/mol. The van der Waals surface area contributed by atoms with Crippen molar-refractivity contribution in [2.45, 2.75) is 9.79 Å². The van der Waals surface area contributed by atoms with Crippen molar-refractivity contribution in [1.82, 2.24) is 0 Å². The Kier molecular flexibility index (Phi) is 11.8. The fourth-order valence-electron chi connectivity index (χ4n) is 6.06. The van der Waals surface area contributed by atoms with Crippen LogP contribution in [0.2, 0.25) is 10.0 Å². The number of fused-ring (bicyclic) bond motifs is 2. The summed E-state index contributed by atoms with van der Waals surface area (Å²) in [6.45, 7) is 6.96. The Morgan fingerprint density at radius 3 is 1.29 bits per heavy atom. The van der Waals surface area contributed by atoms with E-state index < -0.39 is 38.0 Å². The van der Waals surface area contributed by atoms with Crippen molar-refractivity contribution >= 4 is 106 Å². The van der Waals surface area contributed by atoms with Crippen LogP contribution in [-0.4, -0.2) is 58.1 Å². The number of nitrogens with one attached hydrogen (secondary N) is 2. The standard InChI is InChI=1S/C41H32Cl2N4O9S2/c1-3-17-46(31-11-15-37(42)35(23-31)39(48)49)57(53,54)33-13-7-25-5-9-29(19-27(25)21-33)44-41(52)45-30-10-6-26-8-14-34(22-28(26)20-30)58(55,56)47(18-4-2)32-12-16-38(43)36(24-32)40(50)51/h3-16,19-24H,1-2,17-18H2,(H,48,49)(H,50,51)(H2,44,45,52). The summed E-state index contributed by atoms with van der Waals surface area (Å²) >= 11 is 12.0. The lowest BCUT2D eigenvalue weighted by molar-refractivity contribution is 0.0686. The van der Waals surface area contributed by atoms with Crippen LogP contribution in [0.5, 0.6) is 0 Å². The maximum absolute atomic E-state index is 13.9. The van der Waals surface area contributed by atoms with Crippen LogP contribution in [0.25, 0.3) is 21.5 Å². The van der Waals surface area contributed by atoms with Gasteiger partial charge in [-0.2, -0.15) is 0 Å². The highest BCUT2D eigenvalue weighted by Gasteiger charge is 2.27. The zero-order valence-corrected chi connectivity index (χ0v) is 33.2. The van der Waals surface area contributed by atoms with Crippen molar-refractivity contribution < 1.29 is 41.4 Å². The summed E-state index contributed by atoms with van der Waals surface area (Å²) in [7, 11) is -8.49. The molecular weight excluding hydrogens is 828 g/mol. The third-order valence-electron chi connectivity index (χ3n) is 8.84. The van der Waals surface area contributed by atoms with E-state index in [1.807, 2.05) is 0 Å². The number of benzene rings is 6. The minimum Gasteiger partial charge on any atom is -0.478 e. The number of carbonyl (C=O) groups is 3. The third kappa shape index (κ3) is 8.47. The molecule has 0 atom stereocenters. The van der Waals surface area contributed by atoms with Gasteiger partial charge in [-0.15, -0.1) is 13.2 Å². The second-order valence-corrected chi connectivity index (χ2v) is 17.2. The molecule has 58 heavy (non-hydrogen) atoms. The number of halogens is 2. The topological polar surface area (TPSA) is 190 Å². The fourth-order valence-corrected chi connectivity index (χ4v) is 9.38. The Morgan fingerprint density at radius 2 is 0.931 bits per heavy atom. The van der Waals surface area contributed by atoms with E-state index in [0.29, 0.717) is 32.9 Å². The maximum atomic E-state index is 13.9. The molecular formula is C41H32Cl2N4O9S2. The van der Waals surface area contributed by atoms with Gasteiger partial charge < -0.3 is 20.8 Å². The first-order valence-corrected chi connectivity index (χ1v) is 20.7. The molecule has 2 amide bonds. The number of hydrogen-bond donors (Lipinski definition) is 4. The SMILES string of the molecule is C=CCN(c1ccc(Cl)c(C(=O)O)c1)S(=O)(=O)c1ccc2ccc(NC(=O)Nc3ccc4ccc(S(=O)(=O)N(CC=C)c5ccc(Cl)c(C(=O)O)c5)cc4c3)cc2c1. The molecule has 0 saturated carbocycles. The first kappa shape index (κ1) is 41.2. The molecule has 0 aliphatic carbocycles. The van der Waals surface area contributed by atoms with Gasteiger partial charge in [-0.1, -0.05) is 59.6 Å². The quantitative estimate of drug-likeness (QED) is 0.0774. The number of nitrogens with zero attached hydrogens (tertiary/aromatic N) is 2. The summed E-state index contributed by atoms with van der Waals surface area (Å²) in [5, 5.41) is 26.7. The molecule has 4 N–H and O–H groups in total. The van der Waals surface area contributed by atoms with Gasteiger partial charge in [-0.3, -0.25) is 8.61 Å². The largest absolute Gasteiger partial charge is 0.478 e. The molecule has 0 bridgehead atoms. The molecule has 17 heteroatoms. The first-order valence-electron chi connectivity index (χ1n) is 17.0. The predicted molar refractivity (Wildman–Crippen MR) is 227 cm³/mol. The minimum absolute atomic E-state index is 0.0514. The zero-order valence-electron chi connectivity index (χ0n) is 30.1. The van der Waals surface area contributed by atoms with Crippen LogP contribution in [0.15, 0.2) is 144 Å².